The highest BCUT2D eigenvalue weighted by Gasteiger charge is 2.40. The van der Waals surface area contributed by atoms with Gasteiger partial charge in [-0.3, -0.25) is 0 Å². The quantitative estimate of drug-likeness (QED) is 0.130. The molecule has 1 aliphatic heterocycles. The third kappa shape index (κ3) is 4.69. The first-order chi connectivity index (χ1) is 28.2. The van der Waals surface area contributed by atoms with Gasteiger partial charge in [-0.15, -0.1) is 0 Å². The van der Waals surface area contributed by atoms with Crippen LogP contribution in [0.5, 0.6) is 0 Å². The molecule has 1 aliphatic carbocycles. The summed E-state index contributed by atoms with van der Waals surface area (Å²) in [6.07, 6.45) is 6.51. The number of benzene rings is 9. The zero-order valence-electron chi connectivity index (χ0n) is 31.2. The molecule has 0 saturated heterocycles. The van der Waals surface area contributed by atoms with Crippen LogP contribution >= 0.6 is 7.14 Å². The van der Waals surface area contributed by atoms with Gasteiger partial charge in [0.05, 0.1) is 5.69 Å². The first-order valence-corrected chi connectivity index (χ1v) is 21.5. The van der Waals surface area contributed by atoms with Crippen molar-refractivity contribution in [1.29, 1.82) is 0 Å². The van der Waals surface area contributed by atoms with Crippen LogP contribution in [0.2, 0.25) is 0 Å². The van der Waals surface area contributed by atoms with Crippen LogP contribution in [0.4, 0.5) is 0 Å². The fourth-order valence-electron chi connectivity index (χ4n) is 9.88. The van der Waals surface area contributed by atoms with Gasteiger partial charge in [-0.1, -0.05) is 170 Å². The molecule has 2 aliphatic rings. The highest BCUT2D eigenvalue weighted by atomic mass is 31.2. The molecule has 9 aromatic carbocycles. The van der Waals surface area contributed by atoms with E-state index < -0.39 is 7.14 Å². The summed E-state index contributed by atoms with van der Waals surface area (Å²) in [6, 6.07) is 65.2. The maximum Gasteiger partial charge on any atom is 0.172 e. The van der Waals surface area contributed by atoms with Crippen LogP contribution in [0.1, 0.15) is 17.7 Å². The monoisotopic (exact) mass is 745 g/mol. The lowest BCUT2D eigenvalue weighted by molar-refractivity contribution is 0.592. The third-order valence-electron chi connectivity index (χ3n) is 12.5. The van der Waals surface area contributed by atoms with Crippen molar-refractivity contribution in [3.05, 3.63) is 199 Å². The molecule has 10 aromatic rings. The summed E-state index contributed by atoms with van der Waals surface area (Å²) in [4.78, 5) is 0. The topological polar surface area (TPSA) is 22.0 Å². The van der Waals surface area contributed by atoms with Gasteiger partial charge in [0, 0.05) is 44.0 Å². The maximum absolute atomic E-state index is 16.3. The minimum atomic E-state index is -3.33. The Kier molecular flexibility index (Phi) is 7.06. The van der Waals surface area contributed by atoms with Crippen molar-refractivity contribution < 1.29 is 4.57 Å². The zero-order chi connectivity index (χ0) is 37.7. The second kappa shape index (κ2) is 12.4. The van der Waals surface area contributed by atoms with E-state index in [2.05, 4.69) is 199 Å². The number of fused-ring (bicyclic) bond motifs is 14. The smallest absolute Gasteiger partial charge is 0.172 e. The summed E-state index contributed by atoms with van der Waals surface area (Å²) < 4.78 is 18.8. The van der Waals surface area contributed by atoms with E-state index in [1.165, 1.54) is 60.3 Å². The molecule has 1 aromatic heterocycles. The van der Waals surface area contributed by atoms with E-state index in [1.54, 1.807) is 0 Å². The Morgan fingerprint density at radius 1 is 0.474 bits per heavy atom. The number of hydrogen-bond acceptors (Lipinski definition) is 1. The highest BCUT2D eigenvalue weighted by Crippen LogP contribution is 2.54. The molecular formula is C54H36NOP. The van der Waals surface area contributed by atoms with E-state index in [4.69, 9.17) is 0 Å². The predicted molar refractivity (Wildman–Crippen MR) is 242 cm³/mol. The minimum absolute atomic E-state index is 0.864. The van der Waals surface area contributed by atoms with E-state index in [0.29, 0.717) is 0 Å². The van der Waals surface area contributed by atoms with Crippen molar-refractivity contribution in [3.8, 4) is 39.2 Å². The first kappa shape index (κ1) is 32.5. The van der Waals surface area contributed by atoms with Gasteiger partial charge in [-0.05, 0) is 96.9 Å². The molecule has 0 bridgehead atoms. The molecular weight excluding hydrogens is 710 g/mol. The van der Waals surface area contributed by atoms with Crippen molar-refractivity contribution in [2.45, 2.75) is 12.8 Å². The van der Waals surface area contributed by atoms with Crippen LogP contribution in [0.25, 0.3) is 88.4 Å². The molecule has 0 amide bonds. The molecule has 0 saturated carbocycles. The number of nitrogens with zero attached hydrogens (tertiary/aromatic N) is 1. The molecule has 12 rings (SSSR count). The molecule has 1 unspecified atom stereocenters. The summed E-state index contributed by atoms with van der Waals surface area (Å²) in [5.41, 5.74) is 10.4. The largest absolute Gasteiger partial charge is 0.312 e. The second-order valence-corrected chi connectivity index (χ2v) is 18.1. The van der Waals surface area contributed by atoms with Crippen LogP contribution < -0.4 is 15.9 Å². The van der Waals surface area contributed by atoms with Crippen molar-refractivity contribution in [2.75, 3.05) is 0 Å². The van der Waals surface area contributed by atoms with Crippen LogP contribution in [0.15, 0.2) is 188 Å². The van der Waals surface area contributed by atoms with Gasteiger partial charge in [0.2, 0.25) is 0 Å². The lowest BCUT2D eigenvalue weighted by atomic mass is 9.92. The standard InChI is InChI=1S/C54H36NOP/c56-57(40-31-27-35-13-1-2-14-37(35)33-40)51-23-11-8-20-47(51)53-46-19-7-10-22-50(46)55(54(53)48-21-9-12-24-52(48)57)39-29-25-36(26-30-39)38-28-32-45-43-17-4-3-15-41(43)42-16-5-6-18-44(42)49(45)34-38/h1-9,11-21,23-34H,10,22H2. The fraction of sp³-hybridized carbons (Fsp3) is 0.0370. The summed E-state index contributed by atoms with van der Waals surface area (Å²) in [5, 5.41) is 12.6. The van der Waals surface area contributed by atoms with E-state index in [1.807, 2.05) is 0 Å². The van der Waals surface area contributed by atoms with Crippen molar-refractivity contribution >= 4 is 72.2 Å². The van der Waals surface area contributed by atoms with E-state index in [0.717, 1.165) is 62.0 Å². The van der Waals surface area contributed by atoms with E-state index >= 15 is 4.57 Å². The Bertz CT molecular complexity index is 3350. The Labute approximate surface area is 331 Å². The van der Waals surface area contributed by atoms with Gasteiger partial charge >= 0.3 is 0 Å². The van der Waals surface area contributed by atoms with Crippen LogP contribution in [0.3, 0.4) is 0 Å². The lowest BCUT2D eigenvalue weighted by Gasteiger charge is -2.23. The van der Waals surface area contributed by atoms with Crippen LogP contribution in [0, 0.1) is 0 Å². The van der Waals surface area contributed by atoms with Gasteiger partial charge in [0.25, 0.3) is 0 Å². The predicted octanol–water partition coefficient (Wildman–Crippen LogP) is 13.0. The molecule has 57 heavy (non-hydrogen) atoms. The number of rotatable bonds is 3. The fourth-order valence-corrected chi connectivity index (χ4v) is 12.9. The molecule has 1 atom stereocenters. The van der Waals surface area contributed by atoms with Gasteiger partial charge in [-0.25, -0.2) is 0 Å². The van der Waals surface area contributed by atoms with Crippen molar-refractivity contribution in [2.24, 2.45) is 0 Å². The summed E-state index contributed by atoms with van der Waals surface area (Å²) >= 11 is 0. The number of allylic oxidation sites excluding steroid dienone is 1. The molecule has 0 fully saturated rings. The molecule has 0 N–H and O–H groups in total. The molecule has 3 heteroatoms. The Hall–Kier alpha value is -6.73. The van der Waals surface area contributed by atoms with Crippen molar-refractivity contribution in [3.63, 3.8) is 0 Å². The maximum atomic E-state index is 16.3. The van der Waals surface area contributed by atoms with Gasteiger partial charge in [-0.2, -0.15) is 0 Å². The number of aromatic nitrogens is 1. The normalized spacial score (nSPS) is 15.6. The Morgan fingerprint density at radius 2 is 1.05 bits per heavy atom. The Morgan fingerprint density at radius 3 is 1.79 bits per heavy atom. The van der Waals surface area contributed by atoms with Gasteiger partial charge < -0.3 is 9.13 Å². The molecule has 0 spiro atoms. The number of hydrogen-bond donors (Lipinski definition) is 0. The Balaban J connectivity index is 1.07. The molecule has 2 heterocycles. The summed E-state index contributed by atoms with van der Waals surface area (Å²) in [5.74, 6) is 0. The zero-order valence-corrected chi connectivity index (χ0v) is 32.1. The van der Waals surface area contributed by atoms with Gasteiger partial charge in [0.15, 0.2) is 7.14 Å². The van der Waals surface area contributed by atoms with Gasteiger partial charge in [0.1, 0.15) is 0 Å². The average Bonchev–Trinajstić information content (AvgIpc) is 3.59. The third-order valence-corrected chi connectivity index (χ3v) is 15.6. The lowest BCUT2D eigenvalue weighted by Crippen LogP contribution is -2.26. The minimum Gasteiger partial charge on any atom is -0.312 e. The van der Waals surface area contributed by atoms with Crippen LogP contribution in [-0.4, -0.2) is 4.57 Å². The van der Waals surface area contributed by atoms with Crippen LogP contribution in [-0.2, 0) is 11.0 Å². The summed E-state index contributed by atoms with van der Waals surface area (Å²) in [6.45, 7) is 0. The average molecular weight is 746 g/mol. The van der Waals surface area contributed by atoms with E-state index in [9.17, 15) is 0 Å². The molecule has 0 radical (unpaired) electrons. The van der Waals surface area contributed by atoms with E-state index in [-0.39, 0.29) is 0 Å². The SMILES string of the molecule is O=P1(c2ccc3ccccc3c2)c2ccccc2-c2c3c(n(-c4ccc(-c5ccc6c7ccccc7c7ccccc7c6c5)cc4)c2-c2ccccc21)CCC=C3. The summed E-state index contributed by atoms with van der Waals surface area (Å²) in [7, 11) is -3.33. The molecule has 268 valence electrons. The first-order valence-electron chi connectivity index (χ1n) is 19.8. The molecule has 2 nitrogen and oxygen atoms in total. The highest BCUT2D eigenvalue weighted by molar-refractivity contribution is 7.85. The van der Waals surface area contributed by atoms with Crippen molar-refractivity contribution in [1.82, 2.24) is 4.57 Å². The second-order valence-electron chi connectivity index (χ2n) is 15.4.